The normalized spacial score (nSPS) is 21.6. The van der Waals surface area contributed by atoms with E-state index in [9.17, 15) is 13.2 Å². The van der Waals surface area contributed by atoms with Gasteiger partial charge in [-0.1, -0.05) is 6.07 Å². The van der Waals surface area contributed by atoms with Gasteiger partial charge in [0.25, 0.3) is 6.08 Å². The summed E-state index contributed by atoms with van der Waals surface area (Å²) in [7, 11) is 0. The predicted molar refractivity (Wildman–Crippen MR) is 75.2 cm³/mol. The number of benzene rings is 1. The smallest absolute Gasteiger partial charge is 0.206 e. The SMILES string of the molecule is N#Cc1ccc(CCC2CCC(C=C(F)F)CC2)cc1F. The molecule has 0 heterocycles. The first-order chi connectivity index (χ1) is 10.1. The van der Waals surface area contributed by atoms with Crippen LogP contribution in [-0.2, 0) is 6.42 Å². The van der Waals surface area contributed by atoms with Gasteiger partial charge in [0.2, 0.25) is 0 Å². The van der Waals surface area contributed by atoms with Gasteiger partial charge in [0.15, 0.2) is 0 Å². The molecule has 1 fully saturated rings. The summed E-state index contributed by atoms with van der Waals surface area (Å²) < 4.78 is 37.9. The second-order valence-corrected chi connectivity index (χ2v) is 5.70. The third-order valence-electron chi connectivity index (χ3n) is 4.25. The predicted octanol–water partition coefficient (Wildman–Crippen LogP) is 5.22. The van der Waals surface area contributed by atoms with Crippen LogP contribution in [0.25, 0.3) is 0 Å². The van der Waals surface area contributed by atoms with E-state index < -0.39 is 11.9 Å². The average Bonchev–Trinajstić information content (AvgIpc) is 2.46. The number of hydrogen-bond acceptors (Lipinski definition) is 1. The highest BCUT2D eigenvalue weighted by Crippen LogP contribution is 2.33. The Bertz CT molecular complexity index is 548. The molecule has 0 radical (unpaired) electrons. The van der Waals surface area contributed by atoms with Crippen LogP contribution in [0.15, 0.2) is 30.4 Å². The second-order valence-electron chi connectivity index (χ2n) is 5.70. The van der Waals surface area contributed by atoms with Gasteiger partial charge in [-0.3, -0.25) is 0 Å². The molecule has 0 N–H and O–H groups in total. The summed E-state index contributed by atoms with van der Waals surface area (Å²) in [6.07, 6.45) is 4.73. The molecule has 0 unspecified atom stereocenters. The molecule has 2 rings (SSSR count). The zero-order valence-corrected chi connectivity index (χ0v) is 11.8. The Kier molecular flexibility index (Phi) is 5.44. The van der Waals surface area contributed by atoms with Gasteiger partial charge in [-0.05, 0) is 74.1 Å². The quantitative estimate of drug-likeness (QED) is 0.747. The topological polar surface area (TPSA) is 23.8 Å². The molecule has 1 saturated carbocycles. The lowest BCUT2D eigenvalue weighted by Crippen LogP contribution is -2.14. The highest BCUT2D eigenvalue weighted by atomic mass is 19.3. The number of halogens is 3. The van der Waals surface area contributed by atoms with Crippen LogP contribution < -0.4 is 0 Å². The van der Waals surface area contributed by atoms with Gasteiger partial charge in [0, 0.05) is 0 Å². The van der Waals surface area contributed by atoms with Crippen molar-refractivity contribution in [2.75, 3.05) is 0 Å². The molecule has 1 aliphatic carbocycles. The van der Waals surface area contributed by atoms with Crippen molar-refractivity contribution in [3.8, 4) is 6.07 Å². The largest absolute Gasteiger partial charge is 0.266 e. The van der Waals surface area contributed by atoms with E-state index in [1.54, 1.807) is 12.1 Å². The van der Waals surface area contributed by atoms with Crippen molar-refractivity contribution in [1.82, 2.24) is 0 Å². The van der Waals surface area contributed by atoms with Crippen molar-refractivity contribution >= 4 is 0 Å². The molecule has 1 nitrogen and oxygen atoms in total. The third-order valence-corrected chi connectivity index (χ3v) is 4.25. The van der Waals surface area contributed by atoms with Crippen LogP contribution in [0.1, 0.15) is 43.2 Å². The molecule has 21 heavy (non-hydrogen) atoms. The van der Waals surface area contributed by atoms with Gasteiger partial charge in [0.1, 0.15) is 11.9 Å². The zero-order valence-electron chi connectivity index (χ0n) is 11.8. The molecule has 0 aliphatic heterocycles. The average molecular weight is 293 g/mol. The number of aryl methyl sites for hydroxylation is 1. The molecule has 112 valence electrons. The van der Waals surface area contributed by atoms with Crippen molar-refractivity contribution in [3.63, 3.8) is 0 Å². The van der Waals surface area contributed by atoms with Crippen LogP contribution in [0, 0.1) is 29.0 Å². The first-order valence-corrected chi connectivity index (χ1v) is 7.30. The van der Waals surface area contributed by atoms with E-state index in [4.69, 9.17) is 5.26 Å². The summed E-state index contributed by atoms with van der Waals surface area (Å²) in [5.41, 5.74) is 0.961. The maximum absolute atomic E-state index is 13.5. The second kappa shape index (κ2) is 7.31. The Hall–Kier alpha value is -1.76. The van der Waals surface area contributed by atoms with Gasteiger partial charge < -0.3 is 0 Å². The van der Waals surface area contributed by atoms with Crippen LogP contribution in [0.3, 0.4) is 0 Å². The third kappa shape index (κ3) is 4.63. The standard InChI is InChI=1S/C17H18F3N/c18-16-9-13(7-8-15(16)11-21)4-1-12-2-5-14(6-3-12)10-17(19)20/h7-10,12,14H,1-6H2. The maximum atomic E-state index is 13.5. The summed E-state index contributed by atoms with van der Waals surface area (Å²) in [4.78, 5) is 0. The molecule has 0 spiro atoms. The van der Waals surface area contributed by atoms with Crippen LogP contribution in [0.4, 0.5) is 13.2 Å². The van der Waals surface area contributed by atoms with Crippen LogP contribution in [0.5, 0.6) is 0 Å². The van der Waals surface area contributed by atoms with Crippen LogP contribution >= 0.6 is 0 Å². The minimum Gasteiger partial charge on any atom is -0.206 e. The van der Waals surface area contributed by atoms with Gasteiger partial charge in [-0.2, -0.15) is 14.0 Å². The molecule has 0 bridgehead atoms. The lowest BCUT2D eigenvalue weighted by molar-refractivity contribution is 0.288. The Balaban J connectivity index is 1.81. The highest BCUT2D eigenvalue weighted by Gasteiger charge is 2.20. The van der Waals surface area contributed by atoms with Gasteiger partial charge >= 0.3 is 0 Å². The molecule has 1 aliphatic rings. The fraction of sp³-hybridized carbons (Fsp3) is 0.471. The van der Waals surface area contributed by atoms with Crippen molar-refractivity contribution in [2.24, 2.45) is 11.8 Å². The Labute approximate surface area is 123 Å². The number of rotatable bonds is 4. The minimum atomic E-state index is -1.58. The van der Waals surface area contributed by atoms with Crippen molar-refractivity contribution in [3.05, 3.63) is 47.3 Å². The van der Waals surface area contributed by atoms with Crippen LogP contribution in [-0.4, -0.2) is 0 Å². The van der Waals surface area contributed by atoms with E-state index in [1.807, 2.05) is 0 Å². The lowest BCUT2D eigenvalue weighted by Gasteiger charge is -2.26. The maximum Gasteiger partial charge on any atom is 0.266 e. The van der Waals surface area contributed by atoms with E-state index in [1.165, 1.54) is 12.1 Å². The van der Waals surface area contributed by atoms with E-state index in [0.717, 1.165) is 50.2 Å². The van der Waals surface area contributed by atoms with E-state index in [-0.39, 0.29) is 11.5 Å². The summed E-state index contributed by atoms with van der Waals surface area (Å²) in [5, 5.41) is 8.68. The van der Waals surface area contributed by atoms with Gasteiger partial charge in [0.05, 0.1) is 5.56 Å². The summed E-state index contributed by atoms with van der Waals surface area (Å²) in [6.45, 7) is 0. The monoisotopic (exact) mass is 293 g/mol. The van der Waals surface area contributed by atoms with Gasteiger partial charge in [-0.25, -0.2) is 4.39 Å². The Morgan fingerprint density at radius 1 is 1.24 bits per heavy atom. The van der Waals surface area contributed by atoms with Crippen molar-refractivity contribution in [2.45, 2.75) is 38.5 Å². The number of allylic oxidation sites excluding steroid dienone is 1. The Morgan fingerprint density at radius 2 is 1.95 bits per heavy atom. The molecular formula is C17H18F3N. The lowest BCUT2D eigenvalue weighted by atomic mass is 9.79. The minimum absolute atomic E-state index is 0.0126. The first kappa shape index (κ1) is 15.6. The zero-order chi connectivity index (χ0) is 15.2. The van der Waals surface area contributed by atoms with E-state index in [0.29, 0.717) is 5.92 Å². The fourth-order valence-corrected chi connectivity index (χ4v) is 3.00. The van der Waals surface area contributed by atoms with Crippen molar-refractivity contribution in [1.29, 1.82) is 5.26 Å². The van der Waals surface area contributed by atoms with E-state index >= 15 is 0 Å². The highest BCUT2D eigenvalue weighted by molar-refractivity contribution is 5.33. The molecule has 0 amide bonds. The first-order valence-electron chi connectivity index (χ1n) is 7.30. The molecule has 0 aromatic heterocycles. The molecular weight excluding hydrogens is 275 g/mol. The molecule has 0 atom stereocenters. The number of nitrogens with zero attached hydrogens (tertiary/aromatic N) is 1. The molecule has 0 saturated heterocycles. The summed E-state index contributed by atoms with van der Waals surface area (Å²) in [6, 6.07) is 6.53. The molecule has 1 aromatic carbocycles. The number of nitriles is 1. The molecule has 4 heteroatoms. The van der Waals surface area contributed by atoms with E-state index in [2.05, 4.69) is 0 Å². The Morgan fingerprint density at radius 3 is 2.52 bits per heavy atom. The van der Waals surface area contributed by atoms with Crippen LogP contribution in [0.2, 0.25) is 0 Å². The van der Waals surface area contributed by atoms with Crippen molar-refractivity contribution < 1.29 is 13.2 Å². The molecule has 1 aromatic rings. The number of hydrogen-bond donors (Lipinski definition) is 0. The summed E-state index contributed by atoms with van der Waals surface area (Å²) >= 11 is 0. The summed E-state index contributed by atoms with van der Waals surface area (Å²) in [5.74, 6) is 0.0666. The van der Waals surface area contributed by atoms with Gasteiger partial charge in [-0.15, -0.1) is 0 Å². The fourth-order valence-electron chi connectivity index (χ4n) is 3.00.